The molecule has 2 rings (SSSR count). The number of nitrogens with zero attached hydrogens (tertiary/aromatic N) is 1. The predicted octanol–water partition coefficient (Wildman–Crippen LogP) is 3.37. The molecule has 104 valence electrons. The van der Waals surface area contributed by atoms with E-state index >= 15 is 0 Å². The molecule has 4 heteroatoms. The molecule has 1 saturated heterocycles. The average molecular weight is 282 g/mol. The van der Waals surface area contributed by atoms with Gasteiger partial charge in [0.25, 0.3) is 0 Å². The van der Waals surface area contributed by atoms with Crippen LogP contribution >= 0.6 is 11.6 Å². The van der Waals surface area contributed by atoms with E-state index in [1.165, 1.54) is 19.3 Å². The first kappa shape index (κ1) is 14.4. The van der Waals surface area contributed by atoms with Gasteiger partial charge in [-0.1, -0.05) is 18.0 Å². The number of ether oxygens (including phenoxy) is 1. The van der Waals surface area contributed by atoms with Gasteiger partial charge in [0.1, 0.15) is 6.10 Å². The van der Waals surface area contributed by atoms with Gasteiger partial charge in [0, 0.05) is 11.6 Å². The number of carbonyl (C=O) groups excluding carboxylic acids is 1. The van der Waals surface area contributed by atoms with Gasteiger partial charge in [-0.05, 0) is 57.1 Å². The Hall–Kier alpha value is -1.06. The number of piperidine rings is 1. The Morgan fingerprint density at radius 2 is 1.89 bits per heavy atom. The summed E-state index contributed by atoms with van der Waals surface area (Å²) >= 11 is 5.79. The molecule has 0 N–H and O–H groups in total. The van der Waals surface area contributed by atoms with Crippen LogP contribution in [-0.4, -0.2) is 36.6 Å². The molecule has 0 amide bonds. The molecular formula is C15H20ClNO2. The minimum absolute atomic E-state index is 0.0821. The van der Waals surface area contributed by atoms with Crippen LogP contribution in [-0.2, 0) is 4.74 Å². The molecule has 19 heavy (non-hydrogen) atoms. The standard InChI is InChI=1S/C15H20ClNO2/c1-12(11-17-9-3-2-4-10-17)19-15(18)13-5-7-14(16)8-6-13/h5-8,12H,2-4,9-11H2,1H3/t12-/m0/s1. The van der Waals surface area contributed by atoms with E-state index in [4.69, 9.17) is 16.3 Å². The Kier molecular flexibility index (Phi) is 5.23. The molecule has 0 spiro atoms. The fourth-order valence-electron chi connectivity index (χ4n) is 2.38. The van der Waals surface area contributed by atoms with Crippen molar-refractivity contribution in [2.75, 3.05) is 19.6 Å². The van der Waals surface area contributed by atoms with Crippen molar-refractivity contribution in [3.63, 3.8) is 0 Å². The second kappa shape index (κ2) is 6.92. The van der Waals surface area contributed by atoms with E-state index < -0.39 is 0 Å². The Labute approximate surface area is 119 Å². The summed E-state index contributed by atoms with van der Waals surface area (Å²) in [6.45, 7) is 4.99. The summed E-state index contributed by atoms with van der Waals surface area (Å²) in [5, 5.41) is 0.623. The van der Waals surface area contributed by atoms with Crippen molar-refractivity contribution >= 4 is 17.6 Å². The molecule has 0 bridgehead atoms. The quantitative estimate of drug-likeness (QED) is 0.793. The lowest BCUT2D eigenvalue weighted by atomic mass is 10.1. The minimum Gasteiger partial charge on any atom is -0.458 e. The zero-order chi connectivity index (χ0) is 13.7. The van der Waals surface area contributed by atoms with E-state index in [1.807, 2.05) is 6.92 Å². The number of benzene rings is 1. The molecule has 1 heterocycles. The van der Waals surface area contributed by atoms with Crippen LogP contribution in [0.15, 0.2) is 24.3 Å². The number of carbonyl (C=O) groups is 1. The van der Waals surface area contributed by atoms with Gasteiger partial charge >= 0.3 is 5.97 Å². The van der Waals surface area contributed by atoms with Gasteiger partial charge in [0.05, 0.1) is 5.56 Å². The van der Waals surface area contributed by atoms with Crippen LogP contribution in [0.3, 0.4) is 0 Å². The van der Waals surface area contributed by atoms with Crippen molar-refractivity contribution in [1.29, 1.82) is 0 Å². The molecule has 0 aliphatic carbocycles. The van der Waals surface area contributed by atoms with Gasteiger partial charge in [0.15, 0.2) is 0 Å². The van der Waals surface area contributed by atoms with Crippen LogP contribution in [0.2, 0.25) is 5.02 Å². The van der Waals surface area contributed by atoms with Crippen LogP contribution in [0.5, 0.6) is 0 Å². The molecule has 0 saturated carbocycles. The summed E-state index contributed by atoms with van der Waals surface area (Å²) in [6.07, 6.45) is 3.73. The third-order valence-electron chi connectivity index (χ3n) is 3.35. The maximum Gasteiger partial charge on any atom is 0.338 e. The highest BCUT2D eigenvalue weighted by Crippen LogP contribution is 2.13. The SMILES string of the molecule is C[C@@H](CN1CCCCC1)OC(=O)c1ccc(Cl)cc1. The Morgan fingerprint density at radius 1 is 1.26 bits per heavy atom. The van der Waals surface area contributed by atoms with E-state index in [9.17, 15) is 4.79 Å². The monoisotopic (exact) mass is 281 g/mol. The summed E-state index contributed by atoms with van der Waals surface area (Å²) in [5.41, 5.74) is 0.551. The second-order valence-electron chi connectivity index (χ2n) is 5.08. The van der Waals surface area contributed by atoms with Crippen LogP contribution in [0.1, 0.15) is 36.5 Å². The van der Waals surface area contributed by atoms with Gasteiger partial charge in [-0.25, -0.2) is 4.79 Å². The summed E-state index contributed by atoms with van der Waals surface area (Å²) < 4.78 is 5.46. The summed E-state index contributed by atoms with van der Waals surface area (Å²) in [6, 6.07) is 6.79. The number of hydrogen-bond acceptors (Lipinski definition) is 3. The third kappa shape index (κ3) is 4.51. The van der Waals surface area contributed by atoms with Gasteiger partial charge in [0.2, 0.25) is 0 Å². The molecule has 0 aromatic heterocycles. The Morgan fingerprint density at radius 3 is 2.53 bits per heavy atom. The summed E-state index contributed by atoms with van der Waals surface area (Å²) in [5.74, 6) is -0.277. The van der Waals surface area contributed by atoms with Crippen LogP contribution in [0.4, 0.5) is 0 Å². The largest absolute Gasteiger partial charge is 0.458 e. The maximum atomic E-state index is 11.9. The third-order valence-corrected chi connectivity index (χ3v) is 3.60. The van der Waals surface area contributed by atoms with Crippen molar-refractivity contribution in [3.8, 4) is 0 Å². The fraction of sp³-hybridized carbons (Fsp3) is 0.533. The Balaban J connectivity index is 1.82. The molecule has 1 aliphatic rings. The molecule has 1 fully saturated rings. The molecule has 1 aromatic carbocycles. The van der Waals surface area contributed by atoms with Crippen molar-refractivity contribution < 1.29 is 9.53 Å². The van der Waals surface area contributed by atoms with Crippen molar-refractivity contribution in [1.82, 2.24) is 4.90 Å². The van der Waals surface area contributed by atoms with Gasteiger partial charge in [-0.15, -0.1) is 0 Å². The highest BCUT2D eigenvalue weighted by Gasteiger charge is 2.17. The highest BCUT2D eigenvalue weighted by atomic mass is 35.5. The number of esters is 1. The first-order chi connectivity index (χ1) is 9.15. The number of hydrogen-bond donors (Lipinski definition) is 0. The fourth-order valence-corrected chi connectivity index (χ4v) is 2.51. The lowest BCUT2D eigenvalue weighted by Gasteiger charge is -2.28. The van der Waals surface area contributed by atoms with Crippen molar-refractivity contribution in [3.05, 3.63) is 34.9 Å². The Bertz CT molecular complexity index is 413. The molecule has 1 atom stereocenters. The van der Waals surface area contributed by atoms with E-state index in [2.05, 4.69) is 4.90 Å². The molecule has 0 radical (unpaired) electrons. The topological polar surface area (TPSA) is 29.5 Å². The second-order valence-corrected chi connectivity index (χ2v) is 5.52. The van der Waals surface area contributed by atoms with Crippen molar-refractivity contribution in [2.45, 2.75) is 32.3 Å². The van der Waals surface area contributed by atoms with Gasteiger partial charge in [-0.3, -0.25) is 4.90 Å². The maximum absolute atomic E-state index is 11.9. The van der Waals surface area contributed by atoms with E-state index in [0.717, 1.165) is 19.6 Å². The predicted molar refractivity (Wildman–Crippen MR) is 76.6 cm³/mol. The van der Waals surface area contributed by atoms with Gasteiger partial charge < -0.3 is 4.74 Å². The molecule has 3 nitrogen and oxygen atoms in total. The minimum atomic E-state index is -0.277. The number of rotatable bonds is 4. The smallest absolute Gasteiger partial charge is 0.338 e. The normalized spacial score (nSPS) is 18.0. The van der Waals surface area contributed by atoms with Crippen LogP contribution < -0.4 is 0 Å². The van der Waals surface area contributed by atoms with Gasteiger partial charge in [-0.2, -0.15) is 0 Å². The molecule has 1 aromatic rings. The van der Waals surface area contributed by atoms with E-state index in [0.29, 0.717) is 10.6 Å². The average Bonchev–Trinajstić information content (AvgIpc) is 2.40. The molecule has 0 unspecified atom stereocenters. The lowest BCUT2D eigenvalue weighted by Crippen LogP contribution is -2.37. The zero-order valence-electron chi connectivity index (χ0n) is 11.3. The highest BCUT2D eigenvalue weighted by molar-refractivity contribution is 6.30. The number of halogens is 1. The van der Waals surface area contributed by atoms with E-state index in [1.54, 1.807) is 24.3 Å². The number of likely N-dealkylation sites (tertiary alicyclic amines) is 1. The van der Waals surface area contributed by atoms with Crippen LogP contribution in [0.25, 0.3) is 0 Å². The van der Waals surface area contributed by atoms with Crippen molar-refractivity contribution in [2.24, 2.45) is 0 Å². The lowest BCUT2D eigenvalue weighted by molar-refractivity contribution is 0.0236. The van der Waals surface area contributed by atoms with Crippen LogP contribution in [0, 0.1) is 0 Å². The zero-order valence-corrected chi connectivity index (χ0v) is 12.0. The van der Waals surface area contributed by atoms with E-state index in [-0.39, 0.29) is 12.1 Å². The molecule has 1 aliphatic heterocycles. The molecular weight excluding hydrogens is 262 g/mol. The summed E-state index contributed by atoms with van der Waals surface area (Å²) in [4.78, 5) is 14.3. The first-order valence-corrected chi connectivity index (χ1v) is 7.22. The summed E-state index contributed by atoms with van der Waals surface area (Å²) in [7, 11) is 0. The first-order valence-electron chi connectivity index (χ1n) is 6.84.